The molecule has 0 aliphatic heterocycles. The molecule has 3 rings (SSSR count). The molecule has 0 unspecified atom stereocenters. The summed E-state index contributed by atoms with van der Waals surface area (Å²) in [6, 6.07) is 12.7. The first-order valence-corrected chi connectivity index (χ1v) is 9.72. The maximum Gasteiger partial charge on any atom is 0.387 e. The molecule has 0 bridgehead atoms. The molecule has 0 spiro atoms. The molecule has 0 amide bonds. The number of ether oxygens (including phenoxy) is 1. The van der Waals surface area contributed by atoms with Crippen LogP contribution in [0.4, 0.5) is 17.6 Å². The molecule has 6 heteroatoms. The first-order chi connectivity index (χ1) is 14.4. The minimum absolute atomic E-state index is 0.00223. The van der Waals surface area contributed by atoms with Gasteiger partial charge in [0.2, 0.25) is 11.6 Å². The first kappa shape index (κ1) is 21.7. The van der Waals surface area contributed by atoms with E-state index in [1.165, 1.54) is 24.3 Å². The van der Waals surface area contributed by atoms with Gasteiger partial charge in [0, 0.05) is 5.56 Å². The Morgan fingerprint density at radius 3 is 1.93 bits per heavy atom. The zero-order valence-electron chi connectivity index (χ0n) is 16.6. The van der Waals surface area contributed by atoms with Crippen LogP contribution in [-0.4, -0.2) is 6.61 Å². The van der Waals surface area contributed by atoms with Crippen LogP contribution in [0.1, 0.15) is 31.4 Å². The second kappa shape index (κ2) is 9.20. The summed E-state index contributed by atoms with van der Waals surface area (Å²) in [6.45, 7) is 0.751. The molecule has 0 N–H and O–H groups in total. The third kappa shape index (κ3) is 4.27. The van der Waals surface area contributed by atoms with Crippen molar-refractivity contribution in [3.8, 4) is 33.8 Å². The van der Waals surface area contributed by atoms with Crippen molar-refractivity contribution in [1.82, 2.24) is 0 Å². The van der Waals surface area contributed by atoms with E-state index in [-0.39, 0.29) is 23.3 Å². The summed E-state index contributed by atoms with van der Waals surface area (Å²) in [7, 11) is 0. The largest absolute Gasteiger partial charge is 0.435 e. The molecule has 3 aromatic carbocycles. The number of hydrogen-bond acceptors (Lipinski definition) is 1. The van der Waals surface area contributed by atoms with Crippen LogP contribution in [0.3, 0.4) is 0 Å². The minimum Gasteiger partial charge on any atom is -0.435 e. The van der Waals surface area contributed by atoms with Crippen LogP contribution in [0.25, 0.3) is 22.3 Å². The maximum absolute atomic E-state index is 14.6. The zero-order chi connectivity index (χ0) is 21.8. The molecular weight excluding hydrogens is 396 g/mol. The molecule has 0 aliphatic carbocycles. The van der Waals surface area contributed by atoms with Gasteiger partial charge in [0.25, 0.3) is 0 Å². The average Bonchev–Trinajstić information content (AvgIpc) is 2.73. The van der Waals surface area contributed by atoms with Gasteiger partial charge in [-0.25, -0.2) is 4.39 Å². The van der Waals surface area contributed by atoms with E-state index in [2.05, 4.69) is 11.7 Å². The van der Waals surface area contributed by atoms with Crippen LogP contribution < -0.4 is 4.74 Å². The molecule has 3 aromatic rings. The summed E-state index contributed by atoms with van der Waals surface area (Å²) in [5.41, 5.74) is 2.38. The minimum atomic E-state index is -2.99. The molecule has 0 aliphatic rings. The molecule has 0 aromatic heterocycles. The quantitative estimate of drug-likeness (QED) is 0.365. The maximum atomic E-state index is 14.6. The Balaban J connectivity index is 2.22. The van der Waals surface area contributed by atoms with Crippen molar-refractivity contribution in [1.29, 1.82) is 0 Å². The van der Waals surface area contributed by atoms with E-state index >= 15 is 0 Å². The summed E-state index contributed by atoms with van der Waals surface area (Å²) >= 11 is 0. The highest BCUT2D eigenvalue weighted by molar-refractivity contribution is 5.90. The summed E-state index contributed by atoms with van der Waals surface area (Å²) in [5, 5.41) is 12.7. The summed E-state index contributed by atoms with van der Waals surface area (Å²) in [4.78, 5) is 0. The standard InChI is InChI=1S/C24H21F4O2/c1-3-5-14-6-8-15(9-7-14)19-18(4-2)21(25)22(26)23(29)20(19)16-10-12-17(13-11-16)30-24(27)28/h6-13,24H,3-5H2,1-2H3. The summed E-state index contributed by atoms with van der Waals surface area (Å²) in [5.74, 6) is -3.76. The average molecular weight is 417 g/mol. The lowest BCUT2D eigenvalue weighted by Crippen LogP contribution is -2.02. The smallest absolute Gasteiger partial charge is 0.387 e. The van der Waals surface area contributed by atoms with E-state index in [0.717, 1.165) is 18.4 Å². The lowest BCUT2D eigenvalue weighted by atomic mass is 9.87. The van der Waals surface area contributed by atoms with E-state index in [4.69, 9.17) is 0 Å². The fourth-order valence-electron chi connectivity index (χ4n) is 3.57. The van der Waals surface area contributed by atoms with Gasteiger partial charge in [-0.3, -0.25) is 5.11 Å². The Hall–Kier alpha value is -3.02. The highest BCUT2D eigenvalue weighted by Gasteiger charge is 2.26. The molecular formula is C24H21F4O2. The molecule has 0 saturated carbocycles. The summed E-state index contributed by atoms with van der Waals surface area (Å²) < 4.78 is 58.2. The van der Waals surface area contributed by atoms with E-state index < -0.39 is 24.0 Å². The van der Waals surface area contributed by atoms with E-state index in [1.54, 1.807) is 19.1 Å². The summed E-state index contributed by atoms with van der Waals surface area (Å²) in [6.07, 6.45) is 2.02. The Morgan fingerprint density at radius 2 is 1.40 bits per heavy atom. The Morgan fingerprint density at radius 1 is 0.833 bits per heavy atom. The van der Waals surface area contributed by atoms with Crippen molar-refractivity contribution < 1.29 is 27.4 Å². The van der Waals surface area contributed by atoms with Gasteiger partial charge in [-0.1, -0.05) is 56.7 Å². The SMILES string of the molecule is CCCc1ccc(-c2c(CC)c(F)c(F)c([O])c2-c2ccc(OC(F)F)cc2)cc1. The van der Waals surface area contributed by atoms with Crippen LogP contribution in [-0.2, 0) is 17.9 Å². The van der Waals surface area contributed by atoms with E-state index in [0.29, 0.717) is 16.7 Å². The fraction of sp³-hybridized carbons (Fsp3) is 0.250. The van der Waals surface area contributed by atoms with Gasteiger partial charge in [0.15, 0.2) is 5.82 Å². The second-order valence-electron chi connectivity index (χ2n) is 6.89. The monoisotopic (exact) mass is 417 g/mol. The van der Waals surface area contributed by atoms with Crippen molar-refractivity contribution in [3.63, 3.8) is 0 Å². The van der Waals surface area contributed by atoms with Gasteiger partial charge in [-0.05, 0) is 52.8 Å². The Bertz CT molecular complexity index is 1010. The Kier molecular flexibility index (Phi) is 6.65. The van der Waals surface area contributed by atoms with Gasteiger partial charge in [-0.2, -0.15) is 13.2 Å². The van der Waals surface area contributed by atoms with E-state index in [1.807, 2.05) is 12.1 Å². The fourth-order valence-corrected chi connectivity index (χ4v) is 3.57. The van der Waals surface area contributed by atoms with Gasteiger partial charge in [-0.15, -0.1) is 0 Å². The predicted molar refractivity (Wildman–Crippen MR) is 107 cm³/mol. The topological polar surface area (TPSA) is 29.1 Å². The molecule has 0 fully saturated rings. The van der Waals surface area contributed by atoms with Crippen LogP contribution in [0.15, 0.2) is 48.5 Å². The van der Waals surface area contributed by atoms with Crippen molar-refractivity contribution in [2.45, 2.75) is 39.7 Å². The number of hydrogen-bond donors (Lipinski definition) is 0. The Labute approximate surface area is 172 Å². The normalized spacial score (nSPS) is 11.2. The molecule has 30 heavy (non-hydrogen) atoms. The molecule has 157 valence electrons. The van der Waals surface area contributed by atoms with Gasteiger partial charge >= 0.3 is 6.61 Å². The number of alkyl halides is 2. The predicted octanol–water partition coefficient (Wildman–Crippen LogP) is 7.56. The molecule has 1 radical (unpaired) electrons. The van der Waals surface area contributed by atoms with Crippen LogP contribution in [0.5, 0.6) is 11.5 Å². The van der Waals surface area contributed by atoms with Crippen molar-refractivity contribution in [3.05, 3.63) is 71.3 Å². The van der Waals surface area contributed by atoms with Crippen LogP contribution >= 0.6 is 0 Å². The highest BCUT2D eigenvalue weighted by atomic mass is 19.3. The molecule has 0 heterocycles. The lowest BCUT2D eigenvalue weighted by Gasteiger charge is -2.18. The van der Waals surface area contributed by atoms with Gasteiger partial charge < -0.3 is 4.74 Å². The second-order valence-corrected chi connectivity index (χ2v) is 6.89. The number of rotatable bonds is 7. The zero-order valence-corrected chi connectivity index (χ0v) is 16.6. The number of aryl methyl sites for hydroxylation is 1. The van der Waals surface area contributed by atoms with Crippen molar-refractivity contribution in [2.24, 2.45) is 0 Å². The van der Waals surface area contributed by atoms with Crippen molar-refractivity contribution in [2.75, 3.05) is 0 Å². The third-order valence-electron chi connectivity index (χ3n) is 4.94. The highest BCUT2D eigenvalue weighted by Crippen LogP contribution is 2.45. The van der Waals surface area contributed by atoms with Crippen LogP contribution in [0.2, 0.25) is 0 Å². The molecule has 0 atom stereocenters. The van der Waals surface area contributed by atoms with Gasteiger partial charge in [0.1, 0.15) is 5.75 Å². The van der Waals surface area contributed by atoms with Crippen LogP contribution in [0, 0.1) is 11.6 Å². The van der Waals surface area contributed by atoms with E-state index in [9.17, 15) is 22.7 Å². The van der Waals surface area contributed by atoms with Crippen molar-refractivity contribution >= 4 is 0 Å². The number of benzene rings is 3. The first-order valence-electron chi connectivity index (χ1n) is 9.72. The molecule has 0 saturated heterocycles. The molecule has 2 nitrogen and oxygen atoms in total. The number of halogens is 4. The van der Waals surface area contributed by atoms with Gasteiger partial charge in [0.05, 0.1) is 0 Å². The third-order valence-corrected chi connectivity index (χ3v) is 4.94. The lowest BCUT2D eigenvalue weighted by molar-refractivity contribution is -0.0498.